The molecule has 2 saturated carbocycles. The number of ether oxygens (including phenoxy) is 1. The van der Waals surface area contributed by atoms with Crippen molar-refractivity contribution in [2.75, 3.05) is 13.2 Å². The minimum Gasteiger partial charge on any atom is -0.385 e. The van der Waals surface area contributed by atoms with E-state index in [0.717, 1.165) is 23.0 Å². The Hall–Kier alpha value is -0.610. The third-order valence-corrected chi connectivity index (χ3v) is 7.30. The highest BCUT2D eigenvalue weighted by molar-refractivity contribution is 6.30. The van der Waals surface area contributed by atoms with Gasteiger partial charge in [0.15, 0.2) is 0 Å². The second-order valence-corrected chi connectivity index (χ2v) is 8.92. The molecule has 24 heavy (non-hydrogen) atoms. The number of quaternary nitrogens is 1. The first-order chi connectivity index (χ1) is 11.3. The molecule has 2 aliphatic rings. The van der Waals surface area contributed by atoms with Gasteiger partial charge in [-0.3, -0.25) is 0 Å². The van der Waals surface area contributed by atoms with E-state index in [0.29, 0.717) is 30.1 Å². The molecule has 3 N–H and O–H groups in total. The van der Waals surface area contributed by atoms with Crippen LogP contribution in [0.1, 0.15) is 45.6 Å². The quantitative estimate of drug-likeness (QED) is 0.792. The fourth-order valence-electron chi connectivity index (χ4n) is 4.90. The van der Waals surface area contributed by atoms with Gasteiger partial charge < -0.3 is 15.2 Å². The van der Waals surface area contributed by atoms with Gasteiger partial charge in [-0.15, -0.1) is 0 Å². The Morgan fingerprint density at radius 1 is 1.29 bits per heavy atom. The number of hydrogen-bond donors (Lipinski definition) is 2. The summed E-state index contributed by atoms with van der Waals surface area (Å²) in [5.74, 6) is 0.849. The van der Waals surface area contributed by atoms with Crippen molar-refractivity contribution in [1.29, 1.82) is 0 Å². The van der Waals surface area contributed by atoms with E-state index >= 15 is 0 Å². The molecule has 0 unspecified atom stereocenters. The van der Waals surface area contributed by atoms with Gasteiger partial charge in [0.25, 0.3) is 0 Å². The van der Waals surface area contributed by atoms with E-state index in [9.17, 15) is 5.11 Å². The summed E-state index contributed by atoms with van der Waals surface area (Å²) in [7, 11) is 0. The molecule has 0 spiro atoms. The molecule has 0 aliphatic heterocycles. The van der Waals surface area contributed by atoms with Crippen molar-refractivity contribution in [3.63, 3.8) is 0 Å². The largest absolute Gasteiger partial charge is 0.385 e. The fraction of sp³-hybridized carbons (Fsp3) is 0.700. The summed E-state index contributed by atoms with van der Waals surface area (Å²) >= 11 is 5.87. The molecule has 0 amide bonds. The van der Waals surface area contributed by atoms with Crippen molar-refractivity contribution in [3.8, 4) is 0 Å². The summed E-state index contributed by atoms with van der Waals surface area (Å²) < 4.78 is 5.65. The zero-order valence-electron chi connectivity index (χ0n) is 15.1. The highest BCUT2D eigenvalue weighted by Gasteiger charge is 2.63. The number of rotatable bonds is 7. The molecule has 1 aromatic carbocycles. The van der Waals surface area contributed by atoms with Crippen LogP contribution < -0.4 is 5.32 Å². The molecule has 0 saturated heterocycles. The highest BCUT2D eigenvalue weighted by atomic mass is 35.5. The van der Waals surface area contributed by atoms with E-state index in [1.807, 2.05) is 24.3 Å². The Labute approximate surface area is 150 Å². The van der Waals surface area contributed by atoms with Crippen LogP contribution in [-0.4, -0.2) is 30.4 Å². The monoisotopic (exact) mass is 352 g/mol. The third kappa shape index (κ3) is 3.37. The number of aliphatic hydroxyl groups is 1. The van der Waals surface area contributed by atoms with Gasteiger partial charge >= 0.3 is 0 Å². The summed E-state index contributed by atoms with van der Waals surface area (Å²) in [4.78, 5) is 0. The Bertz CT molecular complexity index is 559. The zero-order valence-corrected chi connectivity index (χ0v) is 15.9. The third-order valence-electron chi connectivity index (χ3n) is 7.05. The molecule has 2 bridgehead atoms. The maximum Gasteiger partial charge on any atom is 0.126 e. The van der Waals surface area contributed by atoms with Gasteiger partial charge in [-0.2, -0.15) is 0 Å². The van der Waals surface area contributed by atoms with Gasteiger partial charge in [-0.25, -0.2) is 0 Å². The molecule has 0 aromatic heterocycles. The van der Waals surface area contributed by atoms with Gasteiger partial charge in [-0.1, -0.05) is 44.5 Å². The maximum atomic E-state index is 10.2. The number of halogens is 1. The van der Waals surface area contributed by atoms with Crippen LogP contribution in [0, 0.1) is 16.7 Å². The van der Waals surface area contributed by atoms with Crippen LogP contribution in [0.15, 0.2) is 24.3 Å². The van der Waals surface area contributed by atoms with Gasteiger partial charge in [0.05, 0.1) is 19.3 Å². The average Bonchev–Trinajstić information content (AvgIpc) is 2.88. The first-order valence-corrected chi connectivity index (χ1v) is 9.54. The summed E-state index contributed by atoms with van der Waals surface area (Å²) in [5.41, 5.74) is 1.92. The topological polar surface area (TPSA) is 46.1 Å². The van der Waals surface area contributed by atoms with E-state index in [1.54, 1.807) is 0 Å². The molecule has 4 atom stereocenters. The predicted octanol–water partition coefficient (Wildman–Crippen LogP) is 3.00. The lowest BCUT2D eigenvalue weighted by atomic mass is 9.69. The number of benzene rings is 1. The highest BCUT2D eigenvalue weighted by Crippen LogP contribution is 2.64. The Kier molecular flexibility index (Phi) is 5.27. The Balaban J connectivity index is 1.40. The zero-order chi connectivity index (χ0) is 17.4. The lowest BCUT2D eigenvalue weighted by molar-refractivity contribution is -0.707. The van der Waals surface area contributed by atoms with Crippen molar-refractivity contribution >= 4 is 11.6 Å². The van der Waals surface area contributed by atoms with Gasteiger partial charge in [0.1, 0.15) is 12.6 Å². The second-order valence-electron chi connectivity index (χ2n) is 8.48. The number of hydrogen-bond acceptors (Lipinski definition) is 2. The van der Waals surface area contributed by atoms with E-state index in [4.69, 9.17) is 16.3 Å². The molecule has 2 fully saturated rings. The Morgan fingerprint density at radius 2 is 2.00 bits per heavy atom. The van der Waals surface area contributed by atoms with Crippen LogP contribution >= 0.6 is 11.6 Å². The summed E-state index contributed by atoms with van der Waals surface area (Å²) in [5, 5.41) is 13.3. The number of fused-ring (bicyclic) bond motifs is 2. The first-order valence-electron chi connectivity index (χ1n) is 9.16. The smallest absolute Gasteiger partial charge is 0.126 e. The molecule has 1 aromatic rings. The van der Waals surface area contributed by atoms with Crippen molar-refractivity contribution in [2.45, 2.75) is 58.8 Å². The maximum absolute atomic E-state index is 10.2. The van der Waals surface area contributed by atoms with Crippen LogP contribution in [0.3, 0.4) is 0 Å². The van der Waals surface area contributed by atoms with Gasteiger partial charge in [0.2, 0.25) is 0 Å². The van der Waals surface area contributed by atoms with E-state index in [-0.39, 0.29) is 0 Å². The average molecular weight is 353 g/mol. The first kappa shape index (κ1) is 18.2. The molecule has 0 radical (unpaired) electrons. The van der Waals surface area contributed by atoms with Crippen molar-refractivity contribution in [1.82, 2.24) is 0 Å². The predicted molar refractivity (Wildman–Crippen MR) is 96.9 cm³/mol. The number of nitrogens with two attached hydrogens (primary N) is 1. The normalized spacial score (nSPS) is 32.2. The van der Waals surface area contributed by atoms with Crippen LogP contribution in [0.4, 0.5) is 0 Å². The van der Waals surface area contributed by atoms with E-state index in [2.05, 4.69) is 26.1 Å². The Morgan fingerprint density at radius 3 is 2.58 bits per heavy atom. The van der Waals surface area contributed by atoms with E-state index in [1.165, 1.54) is 19.3 Å². The van der Waals surface area contributed by atoms with Crippen LogP contribution in [-0.2, 0) is 11.3 Å². The lowest BCUT2D eigenvalue weighted by Crippen LogP contribution is -2.94. The van der Waals surface area contributed by atoms with Gasteiger partial charge in [0, 0.05) is 16.9 Å². The number of aliphatic hydroxyl groups excluding tert-OH is 1. The molecular weight excluding hydrogens is 322 g/mol. The fourth-order valence-corrected chi connectivity index (χ4v) is 5.03. The molecule has 0 heterocycles. The second kappa shape index (κ2) is 6.95. The SMILES string of the molecule is CC1(C)[C@H]2CC[C@@]1(C)[C@H]([NH2+]C[C@H](O)COCc1ccc(Cl)cc1)C2. The summed E-state index contributed by atoms with van der Waals surface area (Å²) in [6, 6.07) is 8.28. The van der Waals surface area contributed by atoms with Crippen molar-refractivity contribution < 1.29 is 15.2 Å². The summed E-state index contributed by atoms with van der Waals surface area (Å²) in [6.07, 6.45) is 3.58. The molecule has 3 rings (SSSR count). The molecular formula is C20H31ClNO2+. The molecule has 2 aliphatic carbocycles. The lowest BCUT2D eigenvalue weighted by Gasteiger charge is -2.37. The van der Waals surface area contributed by atoms with Crippen molar-refractivity contribution in [3.05, 3.63) is 34.9 Å². The van der Waals surface area contributed by atoms with Crippen molar-refractivity contribution in [2.24, 2.45) is 16.7 Å². The van der Waals surface area contributed by atoms with Crippen LogP contribution in [0.5, 0.6) is 0 Å². The molecule has 3 nitrogen and oxygen atoms in total. The molecule has 134 valence electrons. The van der Waals surface area contributed by atoms with Crippen LogP contribution in [0.25, 0.3) is 0 Å². The minimum absolute atomic E-state index is 0.384. The van der Waals surface area contributed by atoms with Crippen LogP contribution in [0.2, 0.25) is 5.02 Å². The minimum atomic E-state index is -0.414. The summed E-state index contributed by atoms with van der Waals surface area (Å²) in [6.45, 7) is 8.95. The standard InChI is InChI=1S/C20H30ClNO2/c1-19(2)15-8-9-20(19,3)18(10-15)22-11-17(23)13-24-12-14-4-6-16(21)7-5-14/h4-7,15,17-18,22-23H,8-13H2,1-3H3/p+1/t15-,17-,18+,20-/m0/s1. The van der Waals surface area contributed by atoms with Gasteiger partial charge in [-0.05, 0) is 41.9 Å². The molecule has 4 heteroatoms. The van der Waals surface area contributed by atoms with E-state index < -0.39 is 6.10 Å².